The van der Waals surface area contributed by atoms with Gasteiger partial charge in [-0.3, -0.25) is 0 Å². The van der Waals surface area contributed by atoms with E-state index in [4.69, 9.17) is 0 Å². The van der Waals surface area contributed by atoms with Crippen molar-refractivity contribution in [1.29, 1.82) is 0 Å². The van der Waals surface area contributed by atoms with Crippen LogP contribution in [0.5, 0.6) is 0 Å². The van der Waals surface area contributed by atoms with E-state index in [1.54, 1.807) is 4.57 Å². The number of fused-ring (bicyclic) bond motifs is 20. The molecule has 4 aliphatic heterocycles. The van der Waals surface area contributed by atoms with Crippen LogP contribution < -0.4 is 52.4 Å². The molecule has 0 N–H and O–H groups in total. The van der Waals surface area contributed by atoms with Gasteiger partial charge in [-0.2, -0.15) is 0 Å². The van der Waals surface area contributed by atoms with Crippen molar-refractivity contribution in [2.75, 3.05) is 19.6 Å². The first kappa shape index (κ1) is 75.3. The molecule has 2 aliphatic carbocycles. The summed E-state index contributed by atoms with van der Waals surface area (Å²) in [6.07, 6.45) is 0.742. The third kappa shape index (κ3) is 13.0. The maximum atomic E-state index is 10.3. The zero-order valence-corrected chi connectivity index (χ0v) is 80.5. The van der Waals surface area contributed by atoms with Crippen LogP contribution in [0.4, 0.5) is 68.2 Å². The molecule has 1 unspecified atom stereocenters. The van der Waals surface area contributed by atoms with Crippen molar-refractivity contribution in [2.24, 2.45) is 0 Å². The van der Waals surface area contributed by atoms with Crippen molar-refractivity contribution in [1.82, 2.24) is 4.57 Å². The van der Waals surface area contributed by atoms with Crippen LogP contribution in [0.3, 0.4) is 0 Å². The predicted molar refractivity (Wildman–Crippen MR) is 578 cm³/mol. The number of benzene rings is 17. The Bertz CT molecular complexity index is 8390. The minimum Gasteiger partial charge on any atom is -0.311 e. The fraction of sp³-hybridized carbons (Fsp3) is 0.203. The SMILES string of the molecule is [2H]c1c([2H])c([2H])c2c(c1[2H])c1c([2H])c([2H])c([2H])c([2H])c1n2-c1cc2c3c(c1)N(c1ccc(C(C)(C)C)cc1-c1ccccc1)c1cc4c(cc1B3c1ccccc1N2c1cc(C(C)(C)C)cc(C(C)(C)C)c1)B1c2ccccc2N(c2cc(C(C)(C)C)cc(C(C)(C)C)c2)c2cc(-c3cccc5c3C3(Cc6ccccc6-c6ccccc63)c3ccccc3-5)cc(c21)N4c1ccc(C(C)(C)C)cc1-c1ccccc1. The molecule has 0 fully saturated rings. The lowest BCUT2D eigenvalue weighted by molar-refractivity contribution is 0.568. The fourth-order valence-electron chi connectivity index (χ4n) is 23.3. The van der Waals surface area contributed by atoms with Crippen molar-refractivity contribution in [3.8, 4) is 61.3 Å². The normalized spacial score (nSPS) is 15.9. The summed E-state index contributed by atoms with van der Waals surface area (Å²) in [5.74, 6) is 0. The van der Waals surface area contributed by atoms with Gasteiger partial charge in [0.1, 0.15) is 0 Å². The molecule has 0 saturated heterocycles. The van der Waals surface area contributed by atoms with Crippen molar-refractivity contribution in [2.45, 2.75) is 169 Å². The number of anilines is 12. The van der Waals surface area contributed by atoms with Crippen LogP contribution in [0.15, 0.2) is 358 Å². The highest BCUT2D eigenvalue weighted by molar-refractivity contribution is 7.03. The molecule has 17 aromatic carbocycles. The van der Waals surface area contributed by atoms with E-state index in [2.05, 4.69) is 454 Å². The molecule has 1 spiro atoms. The second-order valence-corrected chi connectivity index (χ2v) is 44.7. The van der Waals surface area contributed by atoms with E-state index in [1.807, 2.05) is 0 Å². The maximum absolute atomic E-state index is 10.3. The van der Waals surface area contributed by atoms with E-state index in [0.29, 0.717) is 5.69 Å². The van der Waals surface area contributed by atoms with Crippen molar-refractivity contribution in [3.05, 3.63) is 413 Å². The van der Waals surface area contributed by atoms with E-state index in [1.165, 1.54) is 61.2 Å². The van der Waals surface area contributed by atoms with Gasteiger partial charge in [0, 0.05) is 78.8 Å². The van der Waals surface area contributed by atoms with Crippen LogP contribution in [0, 0.1) is 0 Å². The van der Waals surface area contributed by atoms with Crippen LogP contribution in [-0.4, -0.2) is 18.0 Å². The summed E-state index contributed by atoms with van der Waals surface area (Å²) >= 11 is 0. The van der Waals surface area contributed by atoms with Gasteiger partial charge < -0.3 is 24.2 Å². The third-order valence-electron chi connectivity index (χ3n) is 30.2. The Balaban J connectivity index is 0.898. The Kier molecular flexibility index (Phi) is 16.7. The molecular formula is C128H115B2N5. The molecule has 658 valence electrons. The van der Waals surface area contributed by atoms with Gasteiger partial charge in [-0.1, -0.05) is 379 Å². The summed E-state index contributed by atoms with van der Waals surface area (Å²) in [4.78, 5) is 10.2. The standard InChI is InChI=1S/C128H115B2N5/c1-122(2,3)83-60-62-109(99(72-83)79-40-21-19-22-41-79)134-113-77-114-106(76-105(113)129-103-54-33-37-58-111(103)132(89-68-85(124(7,8)9)66-86(69-89)125(10,11)12)115-64-82(65-116(134)120(115)129)93-50-39-51-98-95-47-28-32-53-102(95)128(119(93)98)78-81-44-25-26-45-92(81)94-46-27-31-52-101(94)128)130-104-55-34-38-59-112(104)133(90-70-87(126(13,14)15)67-88(71-90)127(16,17)18)117-74-91(131-107-56-35-29-48-96(107)97-49-30-36-57-108(97)131)75-118(121(117)130)135(114)110-63-61-84(123(4,5)6)73-100(110)80-42-23-20-24-43-80/h19-77H,78H2,1-18H3/i29D,30D,35D,36D,48D,49D,56D,57D. The second-order valence-electron chi connectivity index (χ2n) is 44.7. The van der Waals surface area contributed by atoms with Crippen molar-refractivity contribution in [3.63, 3.8) is 0 Å². The first-order valence-electron chi connectivity index (χ1n) is 52.1. The topological polar surface area (TPSA) is 17.9 Å². The second kappa shape index (κ2) is 29.9. The average Bonchev–Trinajstić information content (AvgIpc) is 1.51. The summed E-state index contributed by atoms with van der Waals surface area (Å²) < 4.78 is 80.7. The van der Waals surface area contributed by atoms with E-state index in [0.717, 1.165) is 158 Å². The van der Waals surface area contributed by atoms with Gasteiger partial charge in [0.05, 0.1) is 44.5 Å². The smallest absolute Gasteiger partial charge is 0.252 e. The van der Waals surface area contributed by atoms with Crippen LogP contribution in [0.2, 0.25) is 0 Å². The minimum absolute atomic E-state index is 0.000898. The summed E-state index contributed by atoms with van der Waals surface area (Å²) in [6.45, 7) is 40.5. The third-order valence-corrected chi connectivity index (χ3v) is 30.2. The summed E-state index contributed by atoms with van der Waals surface area (Å²) in [7, 11) is 0. The summed E-state index contributed by atoms with van der Waals surface area (Å²) in [5, 5.41) is -0.00180. The van der Waals surface area contributed by atoms with Gasteiger partial charge in [0.15, 0.2) is 0 Å². The van der Waals surface area contributed by atoms with Gasteiger partial charge in [-0.25, -0.2) is 0 Å². The van der Waals surface area contributed by atoms with Gasteiger partial charge >= 0.3 is 0 Å². The number of rotatable bonds is 8. The Labute approximate surface area is 809 Å². The molecule has 0 saturated carbocycles. The summed E-state index contributed by atoms with van der Waals surface area (Å²) in [6, 6.07) is 114. The Morgan fingerprint density at radius 1 is 0.252 bits per heavy atom. The molecule has 1 aromatic heterocycles. The molecule has 0 radical (unpaired) electrons. The van der Waals surface area contributed by atoms with Gasteiger partial charge in [0.25, 0.3) is 13.4 Å². The zero-order chi connectivity index (χ0) is 99.8. The van der Waals surface area contributed by atoms with E-state index < -0.39 is 55.1 Å². The molecule has 0 amide bonds. The Hall–Kier alpha value is -14.1. The molecule has 1 atom stereocenters. The lowest BCUT2D eigenvalue weighted by atomic mass is 9.30. The number of nitrogens with zero attached hydrogens (tertiary/aromatic N) is 5. The first-order chi connectivity index (χ1) is 68.1. The van der Waals surface area contributed by atoms with Crippen molar-refractivity contribution < 1.29 is 11.0 Å². The zero-order valence-electron chi connectivity index (χ0n) is 88.5. The van der Waals surface area contributed by atoms with Gasteiger partial charge in [0.2, 0.25) is 0 Å². The van der Waals surface area contributed by atoms with E-state index >= 15 is 0 Å². The molecule has 135 heavy (non-hydrogen) atoms. The molecule has 7 heteroatoms. The van der Waals surface area contributed by atoms with Gasteiger partial charge in [-0.05, 0) is 275 Å². The van der Waals surface area contributed by atoms with Crippen LogP contribution in [0.1, 0.15) is 191 Å². The highest BCUT2D eigenvalue weighted by Gasteiger charge is 2.53. The number of hydrogen-bond donors (Lipinski definition) is 0. The number of para-hydroxylation sites is 4. The first-order valence-corrected chi connectivity index (χ1v) is 48.1. The van der Waals surface area contributed by atoms with E-state index in [9.17, 15) is 11.0 Å². The van der Waals surface area contributed by atoms with Crippen LogP contribution in [-0.2, 0) is 44.3 Å². The highest BCUT2D eigenvalue weighted by Crippen LogP contribution is 2.63. The van der Waals surface area contributed by atoms with Crippen LogP contribution >= 0.6 is 0 Å². The van der Waals surface area contributed by atoms with Crippen molar-refractivity contribution >= 4 is 136 Å². The molecule has 5 heterocycles. The average molecular weight is 1750 g/mol. The molecule has 24 rings (SSSR count). The van der Waals surface area contributed by atoms with Gasteiger partial charge in [-0.15, -0.1) is 0 Å². The predicted octanol–water partition coefficient (Wildman–Crippen LogP) is 30.3. The largest absolute Gasteiger partial charge is 0.311 e. The summed E-state index contributed by atoms with van der Waals surface area (Å²) in [5.41, 5.74) is 39.3. The molecule has 5 nitrogen and oxygen atoms in total. The van der Waals surface area contributed by atoms with Crippen LogP contribution in [0.25, 0.3) is 83.1 Å². The molecule has 0 bridgehead atoms. The minimum atomic E-state index is -0.647. The maximum Gasteiger partial charge on any atom is 0.252 e. The molecular weight excluding hydrogens is 1630 g/mol. The molecule has 6 aliphatic rings. The monoisotopic (exact) mass is 1750 g/mol. The Morgan fingerprint density at radius 2 is 0.630 bits per heavy atom. The lowest BCUT2D eigenvalue weighted by Gasteiger charge is -2.48. The quantitative estimate of drug-likeness (QED) is 0.141. The molecule has 18 aromatic rings. The fourth-order valence-corrected chi connectivity index (χ4v) is 23.3. The lowest BCUT2D eigenvalue weighted by Crippen LogP contribution is -2.65. The Morgan fingerprint density at radius 3 is 1.10 bits per heavy atom. The number of aromatic nitrogens is 1. The highest BCUT2D eigenvalue weighted by atomic mass is 15.2. The number of hydrogen-bond acceptors (Lipinski definition) is 4. The van der Waals surface area contributed by atoms with E-state index in [-0.39, 0.29) is 66.4 Å².